The lowest BCUT2D eigenvalue weighted by molar-refractivity contribution is 0.0141. The first-order valence-electron chi connectivity index (χ1n) is 10.6. The maximum atomic E-state index is 12.4. The first kappa shape index (κ1) is 24.7. The van der Waals surface area contributed by atoms with E-state index < -0.39 is 0 Å². The monoisotopic (exact) mass is 428 g/mol. The first-order valence-corrected chi connectivity index (χ1v) is 10.6. The zero-order chi connectivity index (χ0) is 22.2. The quantitative estimate of drug-likeness (QED) is 0.315. The molecule has 0 saturated carbocycles. The number of carbonyl (C=O) groups is 2. The molecule has 0 radical (unpaired) electrons. The molecule has 0 spiro atoms. The molecule has 0 bridgehead atoms. The van der Waals surface area contributed by atoms with E-state index >= 15 is 0 Å². The molecule has 31 heavy (non-hydrogen) atoms. The second kappa shape index (κ2) is 15.3. The van der Waals surface area contributed by atoms with Crippen LogP contribution in [0.25, 0.3) is 0 Å². The van der Waals surface area contributed by atoms with Gasteiger partial charge in [-0.3, -0.25) is 9.59 Å². The Bertz CT molecular complexity index is 765. The summed E-state index contributed by atoms with van der Waals surface area (Å²) in [4.78, 5) is 24.6. The maximum absolute atomic E-state index is 12.4. The summed E-state index contributed by atoms with van der Waals surface area (Å²) in [6.07, 6.45) is 1.57. The van der Waals surface area contributed by atoms with Crippen LogP contribution in [0.3, 0.4) is 0 Å². The van der Waals surface area contributed by atoms with E-state index in [-0.39, 0.29) is 11.7 Å². The van der Waals surface area contributed by atoms with Gasteiger partial charge in [-0.2, -0.15) is 0 Å². The molecule has 2 rings (SSSR count). The molecule has 2 aromatic rings. The Labute approximate surface area is 183 Å². The van der Waals surface area contributed by atoms with Crippen molar-refractivity contribution >= 4 is 11.7 Å². The van der Waals surface area contributed by atoms with E-state index in [1.165, 1.54) is 0 Å². The lowest BCUT2D eigenvalue weighted by Crippen LogP contribution is -2.25. The molecule has 0 aromatic heterocycles. The van der Waals surface area contributed by atoms with Gasteiger partial charge in [-0.1, -0.05) is 42.5 Å². The molecule has 0 atom stereocenters. The van der Waals surface area contributed by atoms with Gasteiger partial charge in [-0.15, -0.1) is 0 Å². The van der Waals surface area contributed by atoms with Crippen molar-refractivity contribution in [1.82, 2.24) is 5.32 Å². The van der Waals surface area contributed by atoms with E-state index in [0.29, 0.717) is 75.8 Å². The van der Waals surface area contributed by atoms with Gasteiger partial charge >= 0.3 is 0 Å². The molecule has 1 amide bonds. The Morgan fingerprint density at radius 1 is 0.677 bits per heavy atom. The van der Waals surface area contributed by atoms with Crippen LogP contribution in [-0.2, 0) is 14.2 Å². The van der Waals surface area contributed by atoms with Gasteiger partial charge in [0.1, 0.15) is 0 Å². The van der Waals surface area contributed by atoms with Crippen molar-refractivity contribution in [3.63, 3.8) is 0 Å². The summed E-state index contributed by atoms with van der Waals surface area (Å²) in [5.41, 5.74) is 7.08. The predicted octanol–water partition coefficient (Wildman–Crippen LogP) is 2.44. The van der Waals surface area contributed by atoms with Crippen molar-refractivity contribution in [2.75, 3.05) is 52.7 Å². The molecular weight excluding hydrogens is 396 g/mol. The van der Waals surface area contributed by atoms with Crippen molar-refractivity contribution in [1.29, 1.82) is 0 Å². The molecule has 0 aliphatic rings. The van der Waals surface area contributed by atoms with Crippen LogP contribution in [0, 0.1) is 0 Å². The third-order valence-electron chi connectivity index (χ3n) is 4.43. The van der Waals surface area contributed by atoms with Gasteiger partial charge in [0, 0.05) is 36.4 Å². The van der Waals surface area contributed by atoms with Gasteiger partial charge < -0.3 is 25.3 Å². The number of amides is 1. The normalized spacial score (nSPS) is 10.7. The average molecular weight is 429 g/mol. The summed E-state index contributed by atoms with van der Waals surface area (Å²) in [7, 11) is 0. The molecule has 0 saturated heterocycles. The first-order chi connectivity index (χ1) is 15.2. The van der Waals surface area contributed by atoms with Crippen LogP contribution in [0.5, 0.6) is 0 Å². The highest BCUT2D eigenvalue weighted by Crippen LogP contribution is 2.11. The van der Waals surface area contributed by atoms with Crippen LogP contribution in [0.15, 0.2) is 54.6 Å². The maximum Gasteiger partial charge on any atom is 0.251 e. The highest BCUT2D eigenvalue weighted by Gasteiger charge is 2.10. The largest absolute Gasteiger partial charge is 0.379 e. The van der Waals surface area contributed by atoms with E-state index in [1.807, 2.05) is 18.2 Å². The number of ether oxygens (including phenoxy) is 3. The molecular formula is C24H32N2O5. The number of ketones is 1. The van der Waals surface area contributed by atoms with Crippen LogP contribution >= 0.6 is 0 Å². The highest BCUT2D eigenvalue weighted by molar-refractivity contribution is 6.09. The van der Waals surface area contributed by atoms with E-state index in [1.54, 1.807) is 36.4 Å². The number of hydrogen-bond acceptors (Lipinski definition) is 6. The molecule has 2 aromatic carbocycles. The number of benzene rings is 2. The Morgan fingerprint density at radius 3 is 1.81 bits per heavy atom. The topological polar surface area (TPSA) is 99.9 Å². The Hall–Kier alpha value is -2.58. The third-order valence-corrected chi connectivity index (χ3v) is 4.43. The second-order valence-electron chi connectivity index (χ2n) is 6.86. The molecule has 3 N–H and O–H groups in total. The van der Waals surface area contributed by atoms with Crippen LogP contribution in [0.4, 0.5) is 0 Å². The SMILES string of the molecule is NCCCOCCOCCOCCCNC(=O)c1ccc(C(=O)c2ccccc2)cc1. The van der Waals surface area contributed by atoms with Crippen molar-refractivity contribution < 1.29 is 23.8 Å². The summed E-state index contributed by atoms with van der Waals surface area (Å²) in [5, 5.41) is 2.85. The van der Waals surface area contributed by atoms with Crippen LogP contribution in [-0.4, -0.2) is 64.4 Å². The fraction of sp³-hybridized carbons (Fsp3) is 0.417. The van der Waals surface area contributed by atoms with Crippen molar-refractivity contribution in [2.24, 2.45) is 5.73 Å². The predicted molar refractivity (Wildman–Crippen MR) is 119 cm³/mol. The minimum absolute atomic E-state index is 0.0622. The Balaban J connectivity index is 1.53. The van der Waals surface area contributed by atoms with Crippen molar-refractivity contribution in [3.8, 4) is 0 Å². The smallest absolute Gasteiger partial charge is 0.251 e. The average Bonchev–Trinajstić information content (AvgIpc) is 2.82. The van der Waals surface area contributed by atoms with Gasteiger partial charge in [0.05, 0.1) is 26.4 Å². The Morgan fingerprint density at radius 2 is 1.19 bits per heavy atom. The van der Waals surface area contributed by atoms with E-state index in [0.717, 1.165) is 6.42 Å². The lowest BCUT2D eigenvalue weighted by Gasteiger charge is -2.08. The molecule has 0 aliphatic carbocycles. The van der Waals surface area contributed by atoms with Crippen LogP contribution in [0.1, 0.15) is 39.1 Å². The lowest BCUT2D eigenvalue weighted by atomic mass is 10.0. The van der Waals surface area contributed by atoms with Gasteiger partial charge in [-0.05, 0) is 31.5 Å². The molecule has 168 valence electrons. The fourth-order valence-electron chi connectivity index (χ4n) is 2.73. The fourth-order valence-corrected chi connectivity index (χ4v) is 2.73. The summed E-state index contributed by atoms with van der Waals surface area (Å²) in [5.74, 6) is -0.232. The van der Waals surface area contributed by atoms with Gasteiger partial charge in [0.2, 0.25) is 0 Å². The van der Waals surface area contributed by atoms with Crippen molar-refractivity contribution in [2.45, 2.75) is 12.8 Å². The van der Waals surface area contributed by atoms with E-state index in [9.17, 15) is 9.59 Å². The van der Waals surface area contributed by atoms with Gasteiger partial charge in [0.25, 0.3) is 5.91 Å². The third kappa shape index (κ3) is 9.85. The van der Waals surface area contributed by atoms with Gasteiger partial charge in [0.15, 0.2) is 5.78 Å². The standard InChI is InChI=1S/C24H32N2O5/c25-12-4-14-29-16-18-31-19-17-30-15-5-13-26-24(28)22-10-8-21(9-11-22)23(27)20-6-2-1-3-7-20/h1-3,6-11H,4-5,12-19,25H2,(H,26,28). The number of rotatable bonds is 16. The summed E-state index contributed by atoms with van der Waals surface area (Å²) in [6.45, 7) is 4.48. The molecule has 7 heteroatoms. The molecule has 0 aliphatic heterocycles. The number of hydrogen-bond donors (Lipinski definition) is 2. The van der Waals surface area contributed by atoms with E-state index in [2.05, 4.69) is 5.32 Å². The highest BCUT2D eigenvalue weighted by atomic mass is 16.5. The zero-order valence-electron chi connectivity index (χ0n) is 17.9. The van der Waals surface area contributed by atoms with E-state index in [4.69, 9.17) is 19.9 Å². The number of carbonyl (C=O) groups excluding carboxylic acids is 2. The second-order valence-corrected chi connectivity index (χ2v) is 6.86. The number of nitrogens with two attached hydrogens (primary N) is 1. The van der Waals surface area contributed by atoms with Crippen LogP contribution < -0.4 is 11.1 Å². The molecule has 0 unspecified atom stereocenters. The van der Waals surface area contributed by atoms with Crippen molar-refractivity contribution in [3.05, 3.63) is 71.3 Å². The van der Waals surface area contributed by atoms with Gasteiger partial charge in [-0.25, -0.2) is 0 Å². The summed E-state index contributed by atoms with van der Waals surface area (Å²) in [6, 6.07) is 15.8. The zero-order valence-corrected chi connectivity index (χ0v) is 17.9. The molecule has 7 nitrogen and oxygen atoms in total. The minimum Gasteiger partial charge on any atom is -0.379 e. The molecule has 0 heterocycles. The Kier molecular flexibility index (Phi) is 12.1. The molecule has 0 fully saturated rings. The number of nitrogens with one attached hydrogen (secondary N) is 1. The van der Waals surface area contributed by atoms with Crippen LogP contribution in [0.2, 0.25) is 0 Å². The minimum atomic E-state index is -0.170. The summed E-state index contributed by atoms with van der Waals surface area (Å²) >= 11 is 0. The summed E-state index contributed by atoms with van der Waals surface area (Å²) < 4.78 is 16.2.